The molecule has 5 heteroatoms. The summed E-state index contributed by atoms with van der Waals surface area (Å²) in [6.07, 6.45) is 3.12. The third-order valence-electron chi connectivity index (χ3n) is 4.33. The van der Waals surface area contributed by atoms with Gasteiger partial charge in [-0.25, -0.2) is 8.78 Å². The Hall–Kier alpha value is -3.00. The first kappa shape index (κ1) is 19.8. The molecule has 0 aliphatic carbocycles. The van der Waals surface area contributed by atoms with E-state index < -0.39 is 24.0 Å². The van der Waals surface area contributed by atoms with Crippen LogP contribution in [-0.4, -0.2) is 6.61 Å². The van der Waals surface area contributed by atoms with Gasteiger partial charge >= 0.3 is 6.61 Å². The van der Waals surface area contributed by atoms with Gasteiger partial charge in [0.25, 0.3) is 0 Å². The molecule has 3 rings (SSSR count). The van der Waals surface area contributed by atoms with Crippen LogP contribution in [0.3, 0.4) is 0 Å². The molecule has 0 saturated carbocycles. The zero-order valence-corrected chi connectivity index (χ0v) is 15.2. The molecule has 0 N–H and O–H groups in total. The van der Waals surface area contributed by atoms with Crippen molar-refractivity contribution in [3.63, 3.8) is 0 Å². The maximum absolute atomic E-state index is 14.8. The molecule has 0 amide bonds. The fourth-order valence-corrected chi connectivity index (χ4v) is 2.88. The average molecular weight is 386 g/mol. The third-order valence-corrected chi connectivity index (χ3v) is 4.33. The second-order valence-corrected chi connectivity index (χ2v) is 6.36. The van der Waals surface area contributed by atoms with Crippen LogP contribution in [0.1, 0.15) is 36.5 Å². The summed E-state index contributed by atoms with van der Waals surface area (Å²) in [4.78, 5) is 0. The Morgan fingerprint density at radius 2 is 1.79 bits per heavy atom. The normalized spacial score (nSPS) is 10.8. The van der Waals surface area contributed by atoms with Gasteiger partial charge in [-0.15, -0.1) is 0 Å². The molecule has 0 bridgehead atoms. The number of hydrogen-bond acceptors (Lipinski definition) is 1. The fourth-order valence-electron chi connectivity index (χ4n) is 2.88. The highest BCUT2D eigenvalue weighted by Crippen LogP contribution is 2.23. The molecule has 0 unspecified atom stereocenters. The predicted octanol–water partition coefficient (Wildman–Crippen LogP) is 6.46. The fraction of sp³-hybridized carbons (Fsp3) is 0.217. The summed E-state index contributed by atoms with van der Waals surface area (Å²) in [7, 11) is 0. The molecular weight excluding hydrogens is 368 g/mol. The van der Waals surface area contributed by atoms with E-state index in [1.165, 1.54) is 6.07 Å². The zero-order chi connectivity index (χ0) is 20.1. The summed E-state index contributed by atoms with van der Waals surface area (Å²) in [6.45, 7) is -0.989. The van der Waals surface area contributed by atoms with Gasteiger partial charge in [-0.05, 0) is 48.1 Å². The Balaban J connectivity index is 1.87. The standard InChI is InChI=1S/C23H18F4O/c1-2-3-4-15-6-11-19-18(13-15)10-9-17(22(19)25)8-5-16-7-12-21(20(24)14-16)28-23(26)27/h6-7,9-14,23H,2-4H2,1H3. The number of unbranched alkanes of at least 4 members (excludes halogenated alkanes) is 1. The quantitative estimate of drug-likeness (QED) is 0.361. The number of ether oxygens (including phenoxy) is 1. The number of alkyl halides is 2. The number of halogens is 4. The van der Waals surface area contributed by atoms with Gasteiger partial charge in [0.2, 0.25) is 0 Å². The van der Waals surface area contributed by atoms with E-state index in [1.807, 2.05) is 12.1 Å². The Kier molecular flexibility index (Phi) is 6.20. The van der Waals surface area contributed by atoms with E-state index in [9.17, 15) is 17.6 Å². The molecule has 0 atom stereocenters. The van der Waals surface area contributed by atoms with E-state index in [0.29, 0.717) is 5.39 Å². The Labute approximate surface area is 160 Å². The predicted molar refractivity (Wildman–Crippen MR) is 102 cm³/mol. The van der Waals surface area contributed by atoms with E-state index in [4.69, 9.17) is 0 Å². The molecule has 144 valence electrons. The van der Waals surface area contributed by atoms with Crippen molar-refractivity contribution in [2.75, 3.05) is 0 Å². The lowest BCUT2D eigenvalue weighted by Gasteiger charge is -2.06. The first-order chi connectivity index (χ1) is 13.5. The van der Waals surface area contributed by atoms with Gasteiger partial charge in [0.05, 0.1) is 5.56 Å². The molecule has 0 spiro atoms. The summed E-state index contributed by atoms with van der Waals surface area (Å²) >= 11 is 0. The van der Waals surface area contributed by atoms with Gasteiger partial charge in [0.1, 0.15) is 5.82 Å². The maximum atomic E-state index is 14.8. The van der Waals surface area contributed by atoms with Gasteiger partial charge in [-0.3, -0.25) is 0 Å². The minimum absolute atomic E-state index is 0.183. The van der Waals surface area contributed by atoms with E-state index in [-0.39, 0.29) is 11.1 Å². The van der Waals surface area contributed by atoms with Gasteiger partial charge in [0, 0.05) is 10.9 Å². The van der Waals surface area contributed by atoms with Gasteiger partial charge in [0.15, 0.2) is 11.6 Å². The second kappa shape index (κ2) is 8.79. The van der Waals surface area contributed by atoms with E-state index in [1.54, 1.807) is 18.2 Å². The lowest BCUT2D eigenvalue weighted by atomic mass is 10.0. The molecule has 0 aliphatic heterocycles. The van der Waals surface area contributed by atoms with Crippen LogP contribution < -0.4 is 4.74 Å². The molecule has 0 heterocycles. The van der Waals surface area contributed by atoms with Crippen LogP contribution >= 0.6 is 0 Å². The molecule has 0 aromatic heterocycles. The van der Waals surface area contributed by atoms with Crippen LogP contribution in [0.25, 0.3) is 10.8 Å². The highest BCUT2D eigenvalue weighted by molar-refractivity contribution is 5.85. The minimum atomic E-state index is -3.11. The van der Waals surface area contributed by atoms with Gasteiger partial charge < -0.3 is 4.74 Å². The summed E-state index contributed by atoms with van der Waals surface area (Å²) in [5.74, 6) is 3.38. The van der Waals surface area contributed by atoms with Crippen LogP contribution in [-0.2, 0) is 6.42 Å². The van der Waals surface area contributed by atoms with Crippen molar-refractivity contribution in [1.29, 1.82) is 0 Å². The SMILES string of the molecule is CCCCc1ccc2c(F)c(C#Cc3ccc(OC(F)F)c(F)c3)ccc2c1. The first-order valence-electron chi connectivity index (χ1n) is 8.95. The number of benzene rings is 3. The number of rotatable bonds is 5. The summed E-state index contributed by atoms with van der Waals surface area (Å²) in [6, 6.07) is 12.4. The smallest absolute Gasteiger partial charge is 0.387 e. The van der Waals surface area contributed by atoms with Crippen molar-refractivity contribution in [1.82, 2.24) is 0 Å². The Bertz CT molecular complexity index is 1050. The van der Waals surface area contributed by atoms with E-state index >= 15 is 0 Å². The molecule has 28 heavy (non-hydrogen) atoms. The van der Waals surface area contributed by atoms with Crippen LogP contribution in [0.15, 0.2) is 48.5 Å². The Morgan fingerprint density at radius 1 is 0.964 bits per heavy atom. The number of aryl methyl sites for hydroxylation is 1. The molecule has 3 aromatic carbocycles. The van der Waals surface area contributed by atoms with Crippen molar-refractivity contribution in [2.45, 2.75) is 32.8 Å². The van der Waals surface area contributed by atoms with Crippen LogP contribution in [0.5, 0.6) is 5.75 Å². The van der Waals surface area contributed by atoms with Gasteiger partial charge in [-0.1, -0.05) is 49.5 Å². The Morgan fingerprint density at radius 3 is 2.50 bits per heavy atom. The monoisotopic (exact) mass is 386 g/mol. The summed E-state index contributed by atoms with van der Waals surface area (Å²) in [5, 5.41) is 1.27. The molecule has 0 saturated heterocycles. The molecule has 3 aromatic rings. The lowest BCUT2D eigenvalue weighted by molar-refractivity contribution is -0.0521. The third kappa shape index (κ3) is 4.64. The maximum Gasteiger partial charge on any atom is 0.387 e. The van der Waals surface area contributed by atoms with Crippen LogP contribution in [0.4, 0.5) is 17.6 Å². The van der Waals surface area contributed by atoms with Crippen LogP contribution in [0.2, 0.25) is 0 Å². The zero-order valence-electron chi connectivity index (χ0n) is 15.2. The molecule has 0 radical (unpaired) electrons. The minimum Gasteiger partial charge on any atom is -0.432 e. The molecule has 0 aliphatic rings. The summed E-state index contributed by atoms with van der Waals surface area (Å²) in [5.41, 5.74) is 1.57. The van der Waals surface area contributed by atoms with Crippen LogP contribution in [0, 0.1) is 23.5 Å². The van der Waals surface area contributed by atoms with Crippen molar-refractivity contribution in [3.05, 3.63) is 76.9 Å². The van der Waals surface area contributed by atoms with Crippen molar-refractivity contribution in [3.8, 4) is 17.6 Å². The first-order valence-corrected chi connectivity index (χ1v) is 8.95. The van der Waals surface area contributed by atoms with Crippen molar-refractivity contribution in [2.24, 2.45) is 0 Å². The average Bonchev–Trinajstić information content (AvgIpc) is 2.67. The van der Waals surface area contributed by atoms with Gasteiger partial charge in [-0.2, -0.15) is 8.78 Å². The molecule has 1 nitrogen and oxygen atoms in total. The second-order valence-electron chi connectivity index (χ2n) is 6.36. The number of hydrogen-bond donors (Lipinski definition) is 0. The van der Waals surface area contributed by atoms with Crippen molar-refractivity contribution >= 4 is 10.8 Å². The lowest BCUT2D eigenvalue weighted by Crippen LogP contribution is -2.03. The highest BCUT2D eigenvalue weighted by atomic mass is 19.3. The summed E-state index contributed by atoms with van der Waals surface area (Å²) < 4.78 is 56.9. The van der Waals surface area contributed by atoms with E-state index in [0.717, 1.165) is 42.3 Å². The molecular formula is C23H18F4O. The number of fused-ring (bicyclic) bond motifs is 1. The van der Waals surface area contributed by atoms with E-state index in [2.05, 4.69) is 23.5 Å². The highest BCUT2D eigenvalue weighted by Gasteiger charge is 2.10. The molecule has 0 fully saturated rings. The van der Waals surface area contributed by atoms with Crippen molar-refractivity contribution < 1.29 is 22.3 Å². The topological polar surface area (TPSA) is 9.23 Å². The largest absolute Gasteiger partial charge is 0.432 e.